The summed E-state index contributed by atoms with van der Waals surface area (Å²) in [6, 6.07) is 10.7. The molecule has 1 aromatic carbocycles. The van der Waals surface area contributed by atoms with E-state index in [0.29, 0.717) is 18.8 Å². The molecule has 0 bridgehead atoms. The normalized spacial score (nSPS) is 33.2. The third kappa shape index (κ3) is 3.69. The largest absolute Gasteiger partial charge is 0.389 e. The summed E-state index contributed by atoms with van der Waals surface area (Å²) >= 11 is 0. The van der Waals surface area contributed by atoms with E-state index in [1.807, 2.05) is 0 Å². The average molecular weight is 383 g/mol. The number of aromatic amines is 1. The van der Waals surface area contributed by atoms with Crippen LogP contribution in [0.15, 0.2) is 36.7 Å². The number of anilines is 1. The molecule has 1 amide bonds. The molecule has 0 aliphatic carbocycles. The average Bonchev–Trinajstić information content (AvgIpc) is 3.16. The molecule has 2 aliphatic heterocycles. The number of hydrogen-bond donors (Lipinski definition) is 3. The van der Waals surface area contributed by atoms with Gasteiger partial charge in [-0.25, -0.2) is 5.10 Å². The van der Waals surface area contributed by atoms with Crippen molar-refractivity contribution in [2.24, 2.45) is 0 Å². The number of aliphatic hydroxyl groups is 1. The summed E-state index contributed by atoms with van der Waals surface area (Å²) in [6.07, 6.45) is 4.70. The van der Waals surface area contributed by atoms with Gasteiger partial charge in [0.25, 0.3) is 0 Å². The second kappa shape index (κ2) is 6.97. The van der Waals surface area contributed by atoms with Gasteiger partial charge in [-0.15, -0.1) is 0 Å². The molecule has 2 saturated heterocycles. The topological polar surface area (TPSA) is 94.1 Å². The van der Waals surface area contributed by atoms with E-state index >= 15 is 0 Å². The number of nitrogens with one attached hydrogen (secondary N) is 2. The molecule has 3 unspecified atom stereocenters. The zero-order valence-electron chi connectivity index (χ0n) is 16.6. The summed E-state index contributed by atoms with van der Waals surface area (Å²) in [5.41, 5.74) is 0.424. The maximum Gasteiger partial charge on any atom is 0.229 e. The minimum atomic E-state index is -0.990. The van der Waals surface area contributed by atoms with E-state index in [1.54, 1.807) is 0 Å². The number of amides is 1. The van der Waals surface area contributed by atoms with Gasteiger partial charge in [0, 0.05) is 24.0 Å². The van der Waals surface area contributed by atoms with Crippen LogP contribution in [0.5, 0.6) is 0 Å². The van der Waals surface area contributed by atoms with Crippen LogP contribution in [0.1, 0.15) is 51.5 Å². The van der Waals surface area contributed by atoms with Crippen molar-refractivity contribution in [2.45, 2.75) is 62.5 Å². The maximum atomic E-state index is 12.4. The van der Waals surface area contributed by atoms with Gasteiger partial charge in [0.15, 0.2) is 0 Å². The molecule has 4 rings (SSSR count). The molecule has 1 aromatic heterocycles. The number of carbonyl (C=O) groups is 1. The van der Waals surface area contributed by atoms with Crippen molar-refractivity contribution in [2.75, 3.05) is 18.4 Å². The summed E-state index contributed by atoms with van der Waals surface area (Å²) in [4.78, 5) is 18.8. The van der Waals surface area contributed by atoms with Gasteiger partial charge in [-0.05, 0) is 38.2 Å². The molecule has 3 heterocycles. The smallest absolute Gasteiger partial charge is 0.229 e. The lowest BCUT2D eigenvalue weighted by Crippen LogP contribution is -2.63. The Labute approximate surface area is 165 Å². The molecule has 7 heteroatoms. The molecule has 150 valence electrons. The third-order valence-corrected chi connectivity index (χ3v) is 6.71. The van der Waals surface area contributed by atoms with Gasteiger partial charge in [0.1, 0.15) is 6.33 Å². The predicted molar refractivity (Wildman–Crippen MR) is 107 cm³/mol. The highest BCUT2D eigenvalue weighted by molar-refractivity contribution is 5.89. The number of fused-ring (bicyclic) bond motifs is 1. The second-order valence-electron chi connectivity index (χ2n) is 9.06. The molecule has 2 fully saturated rings. The van der Waals surface area contributed by atoms with Crippen molar-refractivity contribution in [1.29, 1.82) is 0 Å². The Morgan fingerprint density at radius 3 is 2.75 bits per heavy atom. The van der Waals surface area contributed by atoms with Crippen LogP contribution >= 0.6 is 0 Å². The number of benzene rings is 1. The molecule has 3 atom stereocenters. The maximum absolute atomic E-state index is 12.4. The Kier molecular flexibility index (Phi) is 4.75. The Hall–Kier alpha value is -2.25. The van der Waals surface area contributed by atoms with E-state index in [-0.39, 0.29) is 23.3 Å². The van der Waals surface area contributed by atoms with Crippen molar-refractivity contribution in [3.8, 4) is 0 Å². The van der Waals surface area contributed by atoms with Gasteiger partial charge in [-0.2, -0.15) is 10.1 Å². The molecule has 28 heavy (non-hydrogen) atoms. The van der Waals surface area contributed by atoms with Crippen molar-refractivity contribution < 1.29 is 9.90 Å². The first-order valence-electron chi connectivity index (χ1n) is 9.99. The van der Waals surface area contributed by atoms with E-state index in [4.69, 9.17) is 0 Å². The van der Waals surface area contributed by atoms with Crippen molar-refractivity contribution in [1.82, 2.24) is 20.1 Å². The fourth-order valence-corrected chi connectivity index (χ4v) is 5.05. The number of piperidine rings is 2. The first kappa shape index (κ1) is 19.1. The lowest BCUT2D eigenvalue weighted by Gasteiger charge is -2.57. The standard InChI is InChI=1S/C21H29N5O2/c1-19(16-6-4-3-5-7-16)8-9-20(2)13-21(28,10-11-26(20)14-19)12-17(27)24-18-22-15-23-25-18/h3-7,15,28H,8-14H2,1-2H3,(H2,22,23,24,25,27). The van der Waals surface area contributed by atoms with Gasteiger partial charge in [-0.3, -0.25) is 15.0 Å². The van der Waals surface area contributed by atoms with Crippen molar-refractivity contribution in [3.05, 3.63) is 42.2 Å². The Morgan fingerprint density at radius 1 is 1.25 bits per heavy atom. The zero-order chi connectivity index (χ0) is 19.8. The molecule has 0 saturated carbocycles. The van der Waals surface area contributed by atoms with Crippen LogP contribution in [-0.2, 0) is 10.2 Å². The summed E-state index contributed by atoms with van der Waals surface area (Å²) in [7, 11) is 0. The number of carbonyl (C=O) groups excluding carboxylic acids is 1. The van der Waals surface area contributed by atoms with Gasteiger partial charge in [0.2, 0.25) is 11.9 Å². The highest BCUT2D eigenvalue weighted by atomic mass is 16.3. The summed E-state index contributed by atoms with van der Waals surface area (Å²) in [6.45, 7) is 6.35. The number of H-pyrrole nitrogens is 1. The first-order valence-corrected chi connectivity index (χ1v) is 9.99. The highest BCUT2D eigenvalue weighted by Gasteiger charge is 2.51. The molecule has 0 radical (unpaired) electrons. The van der Waals surface area contributed by atoms with Crippen LogP contribution in [0.25, 0.3) is 0 Å². The SMILES string of the molecule is CC1(c2ccccc2)CCC2(C)CC(O)(CC(=O)Nc3ncn[nH]3)CCN2C1. The number of aromatic nitrogens is 3. The summed E-state index contributed by atoms with van der Waals surface area (Å²) in [5.74, 6) is 0.0785. The Morgan fingerprint density at radius 2 is 2.04 bits per heavy atom. The minimum absolute atomic E-state index is 0.0765. The minimum Gasteiger partial charge on any atom is -0.389 e. The molecular formula is C21H29N5O2. The Bertz CT molecular complexity index is 827. The fourth-order valence-electron chi connectivity index (χ4n) is 5.05. The monoisotopic (exact) mass is 383 g/mol. The van der Waals surface area contributed by atoms with Gasteiger partial charge in [0.05, 0.1) is 12.0 Å². The highest BCUT2D eigenvalue weighted by Crippen LogP contribution is 2.47. The van der Waals surface area contributed by atoms with Crippen LogP contribution in [0.4, 0.5) is 5.95 Å². The van der Waals surface area contributed by atoms with E-state index in [0.717, 1.165) is 25.9 Å². The lowest BCUT2D eigenvalue weighted by molar-refractivity contribution is -0.133. The van der Waals surface area contributed by atoms with Crippen LogP contribution in [-0.4, -0.2) is 55.3 Å². The predicted octanol–water partition coefficient (Wildman–Crippen LogP) is 2.47. The number of hydrogen-bond acceptors (Lipinski definition) is 5. The van der Waals surface area contributed by atoms with E-state index in [2.05, 4.69) is 69.6 Å². The van der Waals surface area contributed by atoms with Crippen LogP contribution in [0, 0.1) is 0 Å². The van der Waals surface area contributed by atoms with Gasteiger partial charge >= 0.3 is 0 Å². The van der Waals surface area contributed by atoms with Crippen LogP contribution in [0.3, 0.4) is 0 Å². The summed E-state index contributed by atoms with van der Waals surface area (Å²) in [5, 5.41) is 20.2. The third-order valence-electron chi connectivity index (χ3n) is 6.71. The molecular weight excluding hydrogens is 354 g/mol. The number of rotatable bonds is 4. The fraction of sp³-hybridized carbons (Fsp3) is 0.571. The van der Waals surface area contributed by atoms with Gasteiger partial charge in [-0.1, -0.05) is 37.3 Å². The van der Waals surface area contributed by atoms with Crippen molar-refractivity contribution in [3.63, 3.8) is 0 Å². The Balaban J connectivity index is 1.43. The molecule has 0 spiro atoms. The number of nitrogens with zero attached hydrogens (tertiary/aromatic N) is 3. The quantitative estimate of drug-likeness (QED) is 0.754. The second-order valence-corrected chi connectivity index (χ2v) is 9.06. The van der Waals surface area contributed by atoms with Crippen molar-refractivity contribution >= 4 is 11.9 Å². The van der Waals surface area contributed by atoms with E-state index in [1.165, 1.54) is 11.9 Å². The summed E-state index contributed by atoms with van der Waals surface area (Å²) < 4.78 is 0. The van der Waals surface area contributed by atoms with E-state index in [9.17, 15) is 9.90 Å². The van der Waals surface area contributed by atoms with Crippen LogP contribution < -0.4 is 5.32 Å². The molecule has 7 nitrogen and oxygen atoms in total. The first-order chi connectivity index (χ1) is 13.3. The molecule has 2 aromatic rings. The lowest BCUT2D eigenvalue weighted by atomic mass is 9.65. The van der Waals surface area contributed by atoms with E-state index < -0.39 is 5.60 Å². The molecule has 3 N–H and O–H groups in total. The zero-order valence-corrected chi connectivity index (χ0v) is 16.6. The van der Waals surface area contributed by atoms with Crippen LogP contribution in [0.2, 0.25) is 0 Å². The van der Waals surface area contributed by atoms with Gasteiger partial charge < -0.3 is 5.11 Å². The molecule has 2 aliphatic rings.